The second-order valence-corrected chi connectivity index (χ2v) is 10.0. The predicted molar refractivity (Wildman–Crippen MR) is 144 cm³/mol. The van der Waals surface area contributed by atoms with E-state index in [0.29, 0.717) is 5.57 Å². The van der Waals surface area contributed by atoms with Crippen molar-refractivity contribution in [3.8, 4) is 0 Å². The third-order valence-corrected chi connectivity index (χ3v) is 7.92. The molecule has 1 unspecified atom stereocenters. The van der Waals surface area contributed by atoms with Gasteiger partial charge in [-0.05, 0) is 74.1 Å². The Labute approximate surface area is 210 Å². The molecule has 8 bridgehead atoms. The minimum atomic E-state index is -0.308. The number of allylic oxidation sites excluding steroid dienone is 1. The number of esters is 1. The second kappa shape index (κ2) is 8.05. The van der Waals surface area contributed by atoms with Crippen molar-refractivity contribution in [3.63, 3.8) is 0 Å². The summed E-state index contributed by atoms with van der Waals surface area (Å²) >= 11 is 0. The van der Waals surface area contributed by atoms with E-state index in [2.05, 4.69) is 62.4 Å². The summed E-state index contributed by atoms with van der Waals surface area (Å²) in [4.78, 5) is 30.1. The number of carbonyl (C=O) groups is 1. The third kappa shape index (κ3) is 3.20. The van der Waals surface area contributed by atoms with Crippen LogP contribution in [0.3, 0.4) is 0 Å². The van der Waals surface area contributed by atoms with Crippen LogP contribution in [0.2, 0.25) is 0 Å². The summed E-state index contributed by atoms with van der Waals surface area (Å²) in [5, 5.41) is 0. The molecule has 182 valence electrons. The summed E-state index contributed by atoms with van der Waals surface area (Å²) in [6, 6.07) is 6.38. The number of aryl methyl sites for hydroxylation is 3. The fraction of sp³-hybridized carbons (Fsp3) is 0.300. The molecular weight excluding hydrogens is 448 g/mol. The summed E-state index contributed by atoms with van der Waals surface area (Å²) in [6.45, 7) is 14.8. The summed E-state index contributed by atoms with van der Waals surface area (Å²) in [5.41, 5.74) is 14.6. The van der Waals surface area contributed by atoms with Crippen molar-refractivity contribution >= 4 is 45.3 Å². The Kier molecular flexibility index (Phi) is 5.04. The first-order valence-corrected chi connectivity index (χ1v) is 12.6. The number of fused-ring (bicyclic) bond motifs is 8. The minimum absolute atomic E-state index is 0.202. The van der Waals surface area contributed by atoms with Gasteiger partial charge in [-0.15, -0.1) is 0 Å². The van der Waals surface area contributed by atoms with Gasteiger partial charge in [-0.1, -0.05) is 26.5 Å². The molecule has 6 nitrogen and oxygen atoms in total. The average Bonchev–Trinajstić information content (AvgIpc) is 3.54. The number of aromatic amines is 2. The van der Waals surface area contributed by atoms with Gasteiger partial charge in [-0.25, -0.2) is 9.78 Å². The predicted octanol–water partition coefficient (Wildman–Crippen LogP) is 6.47. The van der Waals surface area contributed by atoms with Gasteiger partial charge in [0.2, 0.25) is 0 Å². The van der Waals surface area contributed by atoms with E-state index in [4.69, 9.17) is 14.7 Å². The highest BCUT2D eigenvalue weighted by molar-refractivity contribution is 6.26. The van der Waals surface area contributed by atoms with Gasteiger partial charge >= 0.3 is 5.97 Å². The van der Waals surface area contributed by atoms with E-state index in [9.17, 15) is 4.79 Å². The summed E-state index contributed by atoms with van der Waals surface area (Å²) in [7, 11) is 0. The van der Waals surface area contributed by atoms with Crippen molar-refractivity contribution < 1.29 is 9.53 Å². The first kappa shape index (κ1) is 22.5. The average molecular weight is 479 g/mol. The molecule has 0 aromatic carbocycles. The van der Waals surface area contributed by atoms with Gasteiger partial charge in [0.1, 0.15) is 6.61 Å². The molecule has 3 aliphatic heterocycles. The van der Waals surface area contributed by atoms with Crippen LogP contribution in [0, 0.1) is 13.8 Å². The van der Waals surface area contributed by atoms with Crippen LogP contribution in [0.25, 0.3) is 39.3 Å². The number of carbonyl (C=O) groups excluding carboxylic acids is 1. The highest BCUT2D eigenvalue weighted by Crippen LogP contribution is 2.39. The van der Waals surface area contributed by atoms with Gasteiger partial charge in [-0.3, -0.25) is 4.98 Å². The van der Waals surface area contributed by atoms with Crippen LogP contribution in [0.5, 0.6) is 0 Å². The Hall–Kier alpha value is -3.93. The molecule has 0 saturated carbocycles. The topological polar surface area (TPSA) is 83.7 Å². The largest absolute Gasteiger partial charge is 0.457 e. The van der Waals surface area contributed by atoms with E-state index in [0.717, 1.165) is 79.9 Å². The first-order chi connectivity index (χ1) is 17.3. The van der Waals surface area contributed by atoms with Crippen molar-refractivity contribution in [2.24, 2.45) is 0 Å². The Morgan fingerprint density at radius 2 is 1.81 bits per heavy atom. The highest BCUT2D eigenvalue weighted by Gasteiger charge is 2.33. The molecule has 3 aliphatic rings. The lowest BCUT2D eigenvalue weighted by Gasteiger charge is -2.16. The number of cyclic esters (lactones) is 1. The SMILES string of the molecule is C=Cc1c(C)c2cc3nc(c4c5nc(cc6[nH]c(cc1[nH]2)c(C)c6CC)C(C)=C5C(=O)OC4)CC3C. The monoisotopic (exact) mass is 478 g/mol. The third-order valence-electron chi connectivity index (χ3n) is 7.92. The van der Waals surface area contributed by atoms with Crippen molar-refractivity contribution in [1.82, 2.24) is 19.9 Å². The van der Waals surface area contributed by atoms with Crippen LogP contribution >= 0.6 is 0 Å². The van der Waals surface area contributed by atoms with Gasteiger partial charge in [0, 0.05) is 44.8 Å². The first-order valence-electron chi connectivity index (χ1n) is 12.6. The van der Waals surface area contributed by atoms with Gasteiger partial charge in [0.25, 0.3) is 0 Å². The molecule has 0 saturated heterocycles. The van der Waals surface area contributed by atoms with Crippen LogP contribution in [-0.2, 0) is 29.0 Å². The zero-order chi connectivity index (χ0) is 25.3. The smallest absolute Gasteiger partial charge is 0.341 e. The molecule has 36 heavy (non-hydrogen) atoms. The van der Waals surface area contributed by atoms with Crippen LogP contribution in [0.15, 0.2) is 24.8 Å². The highest BCUT2D eigenvalue weighted by atomic mass is 16.5. The van der Waals surface area contributed by atoms with Crippen LogP contribution < -0.4 is 0 Å². The molecule has 2 N–H and O–H groups in total. The Morgan fingerprint density at radius 1 is 1.06 bits per heavy atom. The maximum atomic E-state index is 12.8. The number of aromatic nitrogens is 4. The minimum Gasteiger partial charge on any atom is -0.457 e. The van der Waals surface area contributed by atoms with Gasteiger partial charge in [0.15, 0.2) is 0 Å². The van der Waals surface area contributed by atoms with Gasteiger partial charge in [0.05, 0.1) is 22.7 Å². The van der Waals surface area contributed by atoms with Crippen LogP contribution in [0.4, 0.5) is 0 Å². The Balaban J connectivity index is 1.83. The maximum absolute atomic E-state index is 12.8. The number of nitrogens with one attached hydrogen (secondary N) is 2. The standard InChI is InChI=1S/C30H30N4O2/c1-7-18-15(4)22-10-21-14(3)9-25(31-21)20-13-36-30(35)28-17(6)24(34-29(20)28)12-27-19(8-2)16(5)23(33-27)11-26(18)32-22/h7,10-12,14,32-33H,1,8-9,13H2,2-6H3. The quantitative estimate of drug-likeness (QED) is 0.414. The lowest BCUT2D eigenvalue weighted by molar-refractivity contribution is -0.138. The van der Waals surface area contributed by atoms with Crippen molar-refractivity contribution in [2.75, 3.05) is 0 Å². The number of nitrogens with zero attached hydrogens (tertiary/aromatic N) is 2. The van der Waals surface area contributed by atoms with E-state index >= 15 is 0 Å². The molecule has 0 aliphatic carbocycles. The zero-order valence-electron chi connectivity index (χ0n) is 21.4. The fourth-order valence-electron chi connectivity index (χ4n) is 5.75. The van der Waals surface area contributed by atoms with E-state index in [1.807, 2.05) is 13.0 Å². The number of hydrogen-bond acceptors (Lipinski definition) is 4. The fourth-order valence-corrected chi connectivity index (χ4v) is 5.75. The lowest BCUT2D eigenvalue weighted by Crippen LogP contribution is -2.16. The Morgan fingerprint density at radius 3 is 2.56 bits per heavy atom. The van der Waals surface area contributed by atoms with E-state index in [1.54, 1.807) is 0 Å². The van der Waals surface area contributed by atoms with Crippen LogP contribution in [0.1, 0.15) is 77.3 Å². The van der Waals surface area contributed by atoms with Crippen molar-refractivity contribution in [2.45, 2.75) is 60.0 Å². The zero-order valence-corrected chi connectivity index (χ0v) is 21.4. The molecular formula is C30H30N4O2. The molecule has 6 heteroatoms. The van der Waals surface area contributed by atoms with Gasteiger partial charge in [-0.2, -0.15) is 0 Å². The summed E-state index contributed by atoms with van der Waals surface area (Å²) in [5.74, 6) is -0.0640. The lowest BCUT2D eigenvalue weighted by atomic mass is 9.97. The molecule has 0 radical (unpaired) electrons. The molecule has 6 rings (SSSR count). The maximum Gasteiger partial charge on any atom is 0.341 e. The second-order valence-electron chi connectivity index (χ2n) is 10.0. The van der Waals surface area contributed by atoms with E-state index in [-0.39, 0.29) is 18.5 Å². The van der Waals surface area contributed by atoms with Crippen LogP contribution in [-0.4, -0.2) is 25.9 Å². The molecule has 0 spiro atoms. The molecule has 3 aromatic rings. The molecule has 0 fully saturated rings. The number of ether oxygens (including phenoxy) is 1. The number of H-pyrrole nitrogens is 2. The van der Waals surface area contributed by atoms with E-state index in [1.165, 1.54) is 11.1 Å². The molecule has 1 atom stereocenters. The van der Waals surface area contributed by atoms with Gasteiger partial charge < -0.3 is 14.7 Å². The number of hydrogen-bond donors (Lipinski definition) is 2. The van der Waals surface area contributed by atoms with Crippen molar-refractivity contribution in [3.05, 3.63) is 75.4 Å². The molecule has 3 aromatic heterocycles. The molecule has 6 heterocycles. The summed E-state index contributed by atoms with van der Waals surface area (Å²) < 4.78 is 5.62. The molecule has 0 amide bonds. The Bertz CT molecular complexity index is 1680. The van der Waals surface area contributed by atoms with Crippen molar-refractivity contribution in [1.29, 1.82) is 0 Å². The summed E-state index contributed by atoms with van der Waals surface area (Å²) in [6.07, 6.45) is 3.58. The van der Waals surface area contributed by atoms with E-state index < -0.39 is 0 Å². The number of rotatable bonds is 2. The normalized spacial score (nSPS) is 16.9.